The highest BCUT2D eigenvalue weighted by Gasteiger charge is 2.07. The molecule has 2 aromatic rings. The van der Waals surface area contributed by atoms with Crippen LogP contribution in [0.25, 0.3) is 0 Å². The summed E-state index contributed by atoms with van der Waals surface area (Å²) in [6, 6.07) is 3.59. The van der Waals surface area contributed by atoms with Gasteiger partial charge in [0.1, 0.15) is 0 Å². The van der Waals surface area contributed by atoms with Gasteiger partial charge in [-0.2, -0.15) is 0 Å². The van der Waals surface area contributed by atoms with E-state index >= 15 is 0 Å². The Balaban J connectivity index is 2.11. The van der Waals surface area contributed by atoms with Crippen molar-refractivity contribution in [2.75, 3.05) is 11.9 Å². The Bertz CT molecular complexity index is 468. The van der Waals surface area contributed by atoms with Crippen molar-refractivity contribution >= 4 is 28.8 Å². The molecule has 0 saturated heterocycles. The van der Waals surface area contributed by atoms with E-state index in [2.05, 4.69) is 15.2 Å². The Morgan fingerprint density at radius 1 is 1.38 bits per heavy atom. The largest absolute Gasteiger partial charge is 0.353 e. The van der Waals surface area contributed by atoms with Gasteiger partial charge in [0.25, 0.3) is 0 Å². The van der Waals surface area contributed by atoms with Crippen molar-refractivity contribution in [3.63, 3.8) is 0 Å². The molecule has 0 saturated carbocycles. The predicted molar refractivity (Wildman–Crippen MR) is 66.0 cm³/mol. The first-order valence-electron chi connectivity index (χ1n) is 4.76. The molecule has 0 spiro atoms. The quantitative estimate of drug-likeness (QED) is 0.844. The Morgan fingerprint density at radius 3 is 2.75 bits per heavy atom. The van der Waals surface area contributed by atoms with Gasteiger partial charge in [0.2, 0.25) is 0 Å². The van der Waals surface area contributed by atoms with Gasteiger partial charge in [-0.25, -0.2) is 4.98 Å². The van der Waals surface area contributed by atoms with E-state index in [1.165, 1.54) is 4.88 Å². The minimum absolute atomic E-state index is 0.408. The van der Waals surface area contributed by atoms with Crippen LogP contribution in [0.2, 0.25) is 5.15 Å². The van der Waals surface area contributed by atoms with Crippen LogP contribution in [-0.2, 0) is 6.54 Å². The topological polar surface area (TPSA) is 41.9 Å². The summed E-state index contributed by atoms with van der Waals surface area (Å²) in [6.07, 6.45) is 0. The Morgan fingerprint density at radius 2 is 2.19 bits per heavy atom. The summed E-state index contributed by atoms with van der Waals surface area (Å²) < 4.78 is 0. The number of anilines is 1. The molecule has 16 heavy (non-hydrogen) atoms. The fourth-order valence-electron chi connectivity index (χ4n) is 1.29. The maximum atomic E-state index is 5.68. The number of aromatic nitrogens is 3. The van der Waals surface area contributed by atoms with Gasteiger partial charge in [-0.3, -0.25) is 0 Å². The third-order valence-corrected chi connectivity index (χ3v) is 3.36. The third-order valence-electron chi connectivity index (χ3n) is 2.23. The Labute approximate surface area is 103 Å². The van der Waals surface area contributed by atoms with Crippen molar-refractivity contribution in [3.05, 3.63) is 33.4 Å². The second kappa shape index (κ2) is 4.76. The normalized spacial score (nSPS) is 10.4. The molecule has 0 fully saturated rings. The second-order valence-electron chi connectivity index (χ2n) is 3.43. The minimum atomic E-state index is 0.408. The lowest BCUT2D eigenvalue weighted by atomic mass is 10.3. The fourth-order valence-corrected chi connectivity index (χ4v) is 2.22. The van der Waals surface area contributed by atoms with Gasteiger partial charge in [0.05, 0.1) is 17.7 Å². The molecule has 2 aromatic heterocycles. The van der Waals surface area contributed by atoms with Gasteiger partial charge in [-0.05, 0) is 19.1 Å². The smallest absolute Gasteiger partial charge is 0.151 e. The maximum absolute atomic E-state index is 5.68. The third kappa shape index (κ3) is 2.48. The highest BCUT2D eigenvalue weighted by molar-refractivity contribution is 7.09. The van der Waals surface area contributed by atoms with Crippen LogP contribution in [0.5, 0.6) is 0 Å². The summed E-state index contributed by atoms with van der Waals surface area (Å²) in [7, 11) is 1.97. The number of thiazole rings is 1. The van der Waals surface area contributed by atoms with Crippen LogP contribution in [0, 0.1) is 6.92 Å². The van der Waals surface area contributed by atoms with E-state index in [9.17, 15) is 0 Å². The summed E-state index contributed by atoms with van der Waals surface area (Å²) in [6.45, 7) is 2.79. The van der Waals surface area contributed by atoms with Crippen molar-refractivity contribution in [1.29, 1.82) is 0 Å². The second-order valence-corrected chi connectivity index (χ2v) is 4.76. The van der Waals surface area contributed by atoms with E-state index in [1.54, 1.807) is 17.4 Å². The van der Waals surface area contributed by atoms with Crippen molar-refractivity contribution in [2.24, 2.45) is 0 Å². The van der Waals surface area contributed by atoms with Crippen LogP contribution >= 0.6 is 22.9 Å². The van der Waals surface area contributed by atoms with E-state index in [0.717, 1.165) is 18.1 Å². The molecule has 0 atom stereocenters. The Kier molecular flexibility index (Phi) is 3.36. The van der Waals surface area contributed by atoms with Gasteiger partial charge < -0.3 is 4.90 Å². The standard InChI is InChI=1S/C10H11ClN4S/c1-7-8(16-6-12-7)5-15(2)10-4-3-9(11)13-14-10/h3-4,6H,5H2,1-2H3. The van der Waals surface area contributed by atoms with Crippen LogP contribution in [0.4, 0.5) is 5.82 Å². The van der Waals surface area contributed by atoms with E-state index < -0.39 is 0 Å². The zero-order chi connectivity index (χ0) is 11.5. The highest BCUT2D eigenvalue weighted by atomic mass is 35.5. The van der Waals surface area contributed by atoms with E-state index in [0.29, 0.717) is 5.15 Å². The Hall–Kier alpha value is -1.20. The predicted octanol–water partition coefficient (Wildman–Crippen LogP) is 2.53. The number of hydrogen-bond donors (Lipinski definition) is 0. The molecule has 0 aliphatic rings. The summed E-state index contributed by atoms with van der Waals surface area (Å²) >= 11 is 7.33. The molecule has 0 unspecified atom stereocenters. The minimum Gasteiger partial charge on any atom is -0.353 e. The average Bonchev–Trinajstić information content (AvgIpc) is 2.65. The lowest BCUT2D eigenvalue weighted by Crippen LogP contribution is -2.17. The summed E-state index contributed by atoms with van der Waals surface area (Å²) in [5, 5.41) is 8.24. The van der Waals surface area contributed by atoms with Crippen LogP contribution in [-0.4, -0.2) is 22.2 Å². The molecular formula is C10H11ClN4S. The molecule has 0 N–H and O–H groups in total. The SMILES string of the molecule is Cc1ncsc1CN(C)c1ccc(Cl)nn1. The molecule has 0 radical (unpaired) electrons. The molecular weight excluding hydrogens is 244 g/mol. The summed E-state index contributed by atoms with van der Waals surface area (Å²) in [5.74, 6) is 0.803. The summed E-state index contributed by atoms with van der Waals surface area (Å²) in [4.78, 5) is 7.47. The average molecular weight is 255 g/mol. The van der Waals surface area contributed by atoms with Crippen LogP contribution in [0.1, 0.15) is 10.6 Å². The molecule has 2 heterocycles. The van der Waals surface area contributed by atoms with E-state index in [1.807, 2.05) is 30.4 Å². The van der Waals surface area contributed by atoms with Gasteiger partial charge >= 0.3 is 0 Å². The molecule has 2 rings (SSSR count). The summed E-state index contributed by atoms with van der Waals surface area (Å²) in [5.41, 5.74) is 2.92. The molecule has 0 bridgehead atoms. The molecule has 0 aliphatic carbocycles. The van der Waals surface area contributed by atoms with Gasteiger partial charge in [-0.1, -0.05) is 11.6 Å². The molecule has 0 aliphatic heterocycles. The van der Waals surface area contributed by atoms with Crippen molar-refractivity contribution in [2.45, 2.75) is 13.5 Å². The first-order valence-corrected chi connectivity index (χ1v) is 6.02. The lowest BCUT2D eigenvalue weighted by molar-refractivity contribution is 0.869. The first-order chi connectivity index (χ1) is 7.66. The number of halogens is 1. The van der Waals surface area contributed by atoms with Crippen LogP contribution in [0.3, 0.4) is 0 Å². The highest BCUT2D eigenvalue weighted by Crippen LogP contribution is 2.18. The monoisotopic (exact) mass is 254 g/mol. The van der Waals surface area contributed by atoms with Gasteiger partial charge in [0.15, 0.2) is 11.0 Å². The van der Waals surface area contributed by atoms with Crippen molar-refractivity contribution in [1.82, 2.24) is 15.2 Å². The number of rotatable bonds is 3. The van der Waals surface area contributed by atoms with E-state index in [4.69, 9.17) is 11.6 Å². The van der Waals surface area contributed by atoms with Gasteiger partial charge in [-0.15, -0.1) is 21.5 Å². The van der Waals surface area contributed by atoms with Crippen molar-refractivity contribution in [3.8, 4) is 0 Å². The van der Waals surface area contributed by atoms with E-state index in [-0.39, 0.29) is 0 Å². The number of nitrogens with zero attached hydrogens (tertiary/aromatic N) is 4. The zero-order valence-corrected chi connectivity index (χ0v) is 10.6. The zero-order valence-electron chi connectivity index (χ0n) is 9.01. The van der Waals surface area contributed by atoms with Crippen LogP contribution < -0.4 is 4.90 Å². The molecule has 4 nitrogen and oxygen atoms in total. The molecule has 0 aromatic carbocycles. The van der Waals surface area contributed by atoms with Crippen LogP contribution in [0.15, 0.2) is 17.6 Å². The van der Waals surface area contributed by atoms with Crippen molar-refractivity contribution < 1.29 is 0 Å². The molecule has 0 amide bonds. The molecule has 6 heteroatoms. The number of hydrogen-bond acceptors (Lipinski definition) is 5. The molecule has 84 valence electrons. The fraction of sp³-hybridized carbons (Fsp3) is 0.300. The lowest BCUT2D eigenvalue weighted by Gasteiger charge is -2.16. The maximum Gasteiger partial charge on any atom is 0.151 e. The van der Waals surface area contributed by atoms with Gasteiger partial charge in [0, 0.05) is 11.9 Å². The first kappa shape index (κ1) is 11.3. The number of aryl methyl sites for hydroxylation is 1.